The minimum Gasteiger partial charge on any atom is -0.464 e. The van der Waals surface area contributed by atoms with Gasteiger partial charge in [-0.3, -0.25) is 4.79 Å². The maximum absolute atomic E-state index is 12.9. The summed E-state index contributed by atoms with van der Waals surface area (Å²) in [6.45, 7) is 4.44. The molecule has 0 unspecified atom stereocenters. The molecule has 1 aliphatic heterocycles. The lowest BCUT2D eigenvalue weighted by Gasteiger charge is -2.29. The fourth-order valence-corrected chi connectivity index (χ4v) is 4.64. The van der Waals surface area contributed by atoms with Crippen LogP contribution < -0.4 is 0 Å². The van der Waals surface area contributed by atoms with Crippen molar-refractivity contribution in [2.24, 2.45) is 0 Å². The first-order valence-corrected chi connectivity index (χ1v) is 10.4. The lowest BCUT2D eigenvalue weighted by Crippen LogP contribution is -2.43. The predicted octanol–water partition coefficient (Wildman–Crippen LogP) is 4.82. The van der Waals surface area contributed by atoms with Gasteiger partial charge in [0, 0.05) is 22.8 Å². The lowest BCUT2D eigenvalue weighted by molar-refractivity contribution is -0.154. The summed E-state index contributed by atoms with van der Waals surface area (Å²) in [6, 6.07) is 6.98. The van der Waals surface area contributed by atoms with E-state index in [0.29, 0.717) is 23.8 Å². The number of halogens is 1. The summed E-state index contributed by atoms with van der Waals surface area (Å²) in [5, 5.41) is 0.385. The third-order valence-corrected chi connectivity index (χ3v) is 5.82. The molecule has 0 N–H and O–H groups in total. The zero-order valence-corrected chi connectivity index (χ0v) is 16.4. The van der Waals surface area contributed by atoms with E-state index in [1.165, 1.54) is 0 Å². The van der Waals surface area contributed by atoms with Crippen molar-refractivity contribution < 1.29 is 14.3 Å². The van der Waals surface area contributed by atoms with E-state index < -0.39 is 6.04 Å². The molecular weight excluding hydrogens is 358 g/mol. The van der Waals surface area contributed by atoms with E-state index >= 15 is 0 Å². The summed E-state index contributed by atoms with van der Waals surface area (Å²) in [4.78, 5) is 27.0. The Morgan fingerprint density at radius 2 is 2.00 bits per heavy atom. The van der Waals surface area contributed by atoms with Crippen LogP contribution >= 0.6 is 23.4 Å². The average molecular weight is 384 g/mol. The van der Waals surface area contributed by atoms with Crippen molar-refractivity contribution in [3.8, 4) is 0 Å². The molecule has 1 amide bonds. The second-order valence-electron chi connectivity index (χ2n) is 6.15. The number of amides is 1. The fraction of sp³-hybridized carbons (Fsp3) is 0.579. The highest BCUT2D eigenvalue weighted by atomic mass is 35.5. The molecule has 1 aromatic rings. The van der Waals surface area contributed by atoms with Crippen molar-refractivity contribution in [1.82, 2.24) is 4.90 Å². The third-order valence-electron chi connectivity index (χ3n) is 4.17. The quantitative estimate of drug-likeness (QED) is 0.477. The lowest BCUT2D eigenvalue weighted by atomic mass is 10.1. The first-order chi connectivity index (χ1) is 12.1. The smallest absolute Gasteiger partial charge is 0.329 e. The van der Waals surface area contributed by atoms with Gasteiger partial charge in [-0.1, -0.05) is 56.5 Å². The summed E-state index contributed by atoms with van der Waals surface area (Å²) in [5.74, 6) is 0.229. The van der Waals surface area contributed by atoms with Crippen LogP contribution in [0.2, 0.25) is 5.02 Å². The molecule has 0 saturated carbocycles. The number of rotatable bonds is 8. The van der Waals surface area contributed by atoms with Crippen LogP contribution in [0.5, 0.6) is 0 Å². The van der Waals surface area contributed by atoms with Crippen LogP contribution in [-0.2, 0) is 14.3 Å². The molecule has 2 atom stereocenters. The van der Waals surface area contributed by atoms with Gasteiger partial charge in [0.2, 0.25) is 5.91 Å². The molecule has 0 bridgehead atoms. The Morgan fingerprint density at radius 3 is 2.68 bits per heavy atom. The molecule has 2 rings (SSSR count). The maximum atomic E-state index is 12.9. The molecule has 0 spiro atoms. The highest BCUT2D eigenvalue weighted by Crippen LogP contribution is 2.44. The largest absolute Gasteiger partial charge is 0.464 e. The van der Waals surface area contributed by atoms with Crippen molar-refractivity contribution in [2.75, 3.05) is 12.4 Å². The molecule has 1 fully saturated rings. The van der Waals surface area contributed by atoms with Crippen LogP contribution in [0.1, 0.15) is 56.9 Å². The highest BCUT2D eigenvalue weighted by molar-refractivity contribution is 7.99. The maximum Gasteiger partial charge on any atom is 0.329 e. The van der Waals surface area contributed by atoms with Crippen LogP contribution in [-0.4, -0.2) is 35.2 Å². The fourth-order valence-electron chi connectivity index (χ4n) is 2.86. The normalized spacial score (nSPS) is 19.9. The van der Waals surface area contributed by atoms with E-state index in [1.807, 2.05) is 31.2 Å². The van der Waals surface area contributed by atoms with Gasteiger partial charge in [-0.25, -0.2) is 4.79 Å². The zero-order chi connectivity index (χ0) is 18.2. The summed E-state index contributed by atoms with van der Waals surface area (Å²) >= 11 is 7.92. The van der Waals surface area contributed by atoms with Gasteiger partial charge in [0.1, 0.15) is 11.4 Å². The molecule has 6 heteroatoms. The molecule has 4 nitrogen and oxygen atoms in total. The molecule has 0 aliphatic carbocycles. The molecule has 1 aromatic carbocycles. The zero-order valence-electron chi connectivity index (χ0n) is 14.9. The van der Waals surface area contributed by atoms with Crippen LogP contribution in [0.3, 0.4) is 0 Å². The molecule has 25 heavy (non-hydrogen) atoms. The molecule has 1 saturated heterocycles. The van der Waals surface area contributed by atoms with Crippen LogP contribution in [0.15, 0.2) is 24.3 Å². The summed E-state index contributed by atoms with van der Waals surface area (Å²) in [7, 11) is 0. The van der Waals surface area contributed by atoms with Crippen LogP contribution in [0.4, 0.5) is 0 Å². The second-order valence-corrected chi connectivity index (χ2v) is 7.67. The molecule has 138 valence electrons. The number of unbranched alkanes of at least 4 members (excludes halogenated alkanes) is 2. The number of ether oxygens (including phenoxy) is 1. The summed E-state index contributed by atoms with van der Waals surface area (Å²) in [5.41, 5.74) is 0.879. The number of nitrogens with zero attached hydrogens (tertiary/aromatic N) is 1. The number of hydrogen-bond donors (Lipinski definition) is 0. The van der Waals surface area contributed by atoms with E-state index in [1.54, 1.807) is 16.7 Å². The second kappa shape index (κ2) is 10.1. The topological polar surface area (TPSA) is 46.6 Å². The molecule has 0 radical (unpaired) electrons. The van der Waals surface area contributed by atoms with E-state index in [-0.39, 0.29) is 17.3 Å². The number of thioether (sulfide) groups is 1. The third kappa shape index (κ3) is 5.14. The first-order valence-electron chi connectivity index (χ1n) is 8.94. The highest BCUT2D eigenvalue weighted by Gasteiger charge is 2.43. The predicted molar refractivity (Wildman–Crippen MR) is 103 cm³/mol. The van der Waals surface area contributed by atoms with Gasteiger partial charge in [-0.05, 0) is 18.9 Å². The number of hydrogen-bond acceptors (Lipinski definition) is 4. The standard InChI is InChI=1S/C19H26ClNO3S/c1-3-5-6-11-17(22)21-16(19(23)24-12-4-2)13-25-18(21)14-9-7-8-10-15(14)20/h7-10,16,18H,3-6,11-13H2,1-2H3/t16-,18+/m1/s1. The van der Waals surface area contributed by atoms with Crippen LogP contribution in [0, 0.1) is 0 Å². The van der Waals surface area contributed by atoms with E-state index in [9.17, 15) is 9.59 Å². The van der Waals surface area contributed by atoms with Gasteiger partial charge < -0.3 is 9.64 Å². The Labute approximate surface area is 159 Å². The van der Waals surface area contributed by atoms with Gasteiger partial charge in [0.05, 0.1) is 6.61 Å². The molecular formula is C19H26ClNO3S. The number of carbonyl (C=O) groups excluding carboxylic acids is 2. The Balaban J connectivity index is 2.22. The van der Waals surface area contributed by atoms with Crippen LogP contribution in [0.25, 0.3) is 0 Å². The van der Waals surface area contributed by atoms with Crippen molar-refractivity contribution in [2.45, 2.75) is 57.4 Å². The van der Waals surface area contributed by atoms with Gasteiger partial charge in [0.25, 0.3) is 0 Å². The van der Waals surface area contributed by atoms with Crippen molar-refractivity contribution in [1.29, 1.82) is 0 Å². The molecule has 0 aromatic heterocycles. The summed E-state index contributed by atoms with van der Waals surface area (Å²) in [6.07, 6.45) is 4.12. The summed E-state index contributed by atoms with van der Waals surface area (Å²) < 4.78 is 5.32. The first kappa shape index (κ1) is 20.1. The SMILES string of the molecule is CCCCCC(=O)N1[C@@H](C(=O)OCCC)CS[C@H]1c1ccccc1Cl. The van der Waals surface area contributed by atoms with Gasteiger partial charge >= 0.3 is 5.97 Å². The monoisotopic (exact) mass is 383 g/mol. The number of esters is 1. The van der Waals surface area contributed by atoms with Crippen molar-refractivity contribution in [3.63, 3.8) is 0 Å². The average Bonchev–Trinajstić information content (AvgIpc) is 3.05. The Kier molecular flexibility index (Phi) is 8.10. The molecule has 1 aliphatic rings. The Bertz CT molecular complexity index is 596. The van der Waals surface area contributed by atoms with Gasteiger partial charge in [0.15, 0.2) is 0 Å². The Hall–Kier alpha value is -1.20. The minimum atomic E-state index is -0.535. The van der Waals surface area contributed by atoms with E-state index in [0.717, 1.165) is 31.2 Å². The Morgan fingerprint density at radius 1 is 1.24 bits per heavy atom. The van der Waals surface area contributed by atoms with Gasteiger partial charge in [-0.15, -0.1) is 11.8 Å². The number of benzene rings is 1. The van der Waals surface area contributed by atoms with E-state index in [4.69, 9.17) is 16.3 Å². The number of carbonyl (C=O) groups is 2. The van der Waals surface area contributed by atoms with Crippen molar-refractivity contribution in [3.05, 3.63) is 34.9 Å². The molecule has 1 heterocycles. The van der Waals surface area contributed by atoms with E-state index in [2.05, 4.69) is 6.92 Å². The van der Waals surface area contributed by atoms with Gasteiger partial charge in [-0.2, -0.15) is 0 Å². The minimum absolute atomic E-state index is 0.00168. The van der Waals surface area contributed by atoms with Crippen molar-refractivity contribution >= 4 is 35.2 Å².